The molecule has 1 aromatic rings. The second-order valence-corrected chi connectivity index (χ2v) is 10.6. The van der Waals surface area contributed by atoms with Crippen LogP contribution in [0.3, 0.4) is 0 Å². The number of allylic oxidation sites excluding steroid dienone is 2. The number of amides is 1. The van der Waals surface area contributed by atoms with Gasteiger partial charge in [-0.1, -0.05) is 0 Å². The standard InChI is InChI=1S/C25H31FN2O5/c1-25(2,3)28(4)10-13-8-18(30)20-16(21(13)26)6-12-5-11-7-17(29)15(24(27)33)9-14(11)22(31)19(12)23(20)32/h8,11-12,14,29-30,32H,5-7,9-10H2,1-4H3,(H2,27,33). The van der Waals surface area contributed by atoms with Crippen LogP contribution in [0.5, 0.6) is 5.75 Å². The first-order valence-electron chi connectivity index (χ1n) is 11.2. The molecule has 3 atom stereocenters. The van der Waals surface area contributed by atoms with Crippen molar-refractivity contribution in [3.05, 3.63) is 45.5 Å². The number of hydrogen-bond acceptors (Lipinski definition) is 6. The SMILES string of the molecule is CN(Cc1cc(O)c2c(c1F)CC1CC3CC(O)=C(C(N)=O)CC3C(=O)C1=C2O)C(C)(C)C. The summed E-state index contributed by atoms with van der Waals surface area (Å²) in [5, 5.41) is 32.0. The fourth-order valence-corrected chi connectivity index (χ4v) is 5.40. The number of fused-ring (bicyclic) bond motifs is 3. The minimum absolute atomic E-state index is 0.0133. The van der Waals surface area contributed by atoms with Crippen LogP contribution in [0.15, 0.2) is 23.0 Å². The number of benzene rings is 1. The summed E-state index contributed by atoms with van der Waals surface area (Å²) < 4.78 is 15.6. The number of aliphatic hydroxyl groups is 2. The fraction of sp³-hybridized carbons (Fsp3) is 0.520. The average molecular weight is 459 g/mol. The quantitative estimate of drug-likeness (QED) is 0.550. The molecule has 0 heterocycles. The number of phenolic OH excluding ortho intramolecular Hbond substituents is 1. The number of primary amides is 1. The van der Waals surface area contributed by atoms with Gasteiger partial charge in [-0.3, -0.25) is 14.5 Å². The van der Waals surface area contributed by atoms with E-state index in [1.165, 1.54) is 6.07 Å². The first kappa shape index (κ1) is 23.3. The molecule has 0 bridgehead atoms. The highest BCUT2D eigenvalue weighted by atomic mass is 19.1. The van der Waals surface area contributed by atoms with Gasteiger partial charge in [0.15, 0.2) is 5.78 Å². The Labute approximate surface area is 192 Å². The van der Waals surface area contributed by atoms with E-state index >= 15 is 4.39 Å². The van der Waals surface area contributed by atoms with Crippen LogP contribution in [0.25, 0.3) is 5.76 Å². The molecule has 7 nitrogen and oxygen atoms in total. The number of rotatable bonds is 3. The van der Waals surface area contributed by atoms with Crippen LogP contribution < -0.4 is 5.73 Å². The molecule has 0 spiro atoms. The monoisotopic (exact) mass is 458 g/mol. The molecule has 0 aliphatic heterocycles. The largest absolute Gasteiger partial charge is 0.512 e. The molecule has 0 radical (unpaired) electrons. The number of carbonyl (C=O) groups excluding carboxylic acids is 2. The van der Waals surface area contributed by atoms with Crippen LogP contribution in [0.4, 0.5) is 4.39 Å². The van der Waals surface area contributed by atoms with Crippen molar-refractivity contribution >= 4 is 17.4 Å². The Bertz CT molecular complexity index is 1110. The molecule has 1 amide bonds. The Morgan fingerprint density at radius 2 is 1.88 bits per heavy atom. The molecule has 1 fully saturated rings. The molecular weight excluding hydrogens is 427 g/mol. The maximum absolute atomic E-state index is 15.6. The molecule has 0 saturated heterocycles. The van der Waals surface area contributed by atoms with E-state index in [0.717, 1.165) is 0 Å². The number of nitrogens with zero attached hydrogens (tertiary/aromatic N) is 1. The predicted octanol–water partition coefficient (Wildman–Crippen LogP) is 3.50. The molecule has 3 aliphatic carbocycles. The molecule has 5 N–H and O–H groups in total. The first-order chi connectivity index (χ1) is 15.3. The van der Waals surface area contributed by atoms with Crippen LogP contribution >= 0.6 is 0 Å². The lowest BCUT2D eigenvalue weighted by atomic mass is 9.61. The van der Waals surface area contributed by atoms with Crippen molar-refractivity contribution in [3.8, 4) is 5.75 Å². The highest BCUT2D eigenvalue weighted by Crippen LogP contribution is 2.51. The minimum atomic E-state index is -0.763. The van der Waals surface area contributed by atoms with E-state index in [2.05, 4.69) is 0 Å². The normalized spacial score (nSPS) is 25.2. The predicted molar refractivity (Wildman–Crippen MR) is 121 cm³/mol. The van der Waals surface area contributed by atoms with E-state index in [1.807, 2.05) is 32.7 Å². The van der Waals surface area contributed by atoms with E-state index in [1.54, 1.807) is 0 Å². The molecule has 1 saturated carbocycles. The molecule has 3 unspecified atom stereocenters. The second-order valence-electron chi connectivity index (χ2n) is 10.6. The van der Waals surface area contributed by atoms with Gasteiger partial charge in [0.1, 0.15) is 23.1 Å². The summed E-state index contributed by atoms with van der Waals surface area (Å²) in [5.41, 5.74) is 5.85. The number of ketones is 1. The molecule has 0 aromatic heterocycles. The van der Waals surface area contributed by atoms with Crippen LogP contribution in [-0.4, -0.2) is 44.5 Å². The van der Waals surface area contributed by atoms with Crippen molar-refractivity contribution in [1.82, 2.24) is 4.90 Å². The number of hydrogen-bond donors (Lipinski definition) is 4. The van der Waals surface area contributed by atoms with Crippen molar-refractivity contribution in [1.29, 1.82) is 0 Å². The lowest BCUT2D eigenvalue weighted by Gasteiger charge is -2.41. The Hall–Kier alpha value is -2.87. The molecule has 3 aliphatic rings. The zero-order chi connectivity index (χ0) is 24.4. The third-order valence-corrected chi connectivity index (χ3v) is 7.60. The lowest BCUT2D eigenvalue weighted by Crippen LogP contribution is -2.42. The van der Waals surface area contributed by atoms with Crippen LogP contribution in [0.2, 0.25) is 0 Å². The Morgan fingerprint density at radius 3 is 2.48 bits per heavy atom. The number of halogens is 1. The maximum atomic E-state index is 15.6. The van der Waals surface area contributed by atoms with Crippen molar-refractivity contribution in [2.24, 2.45) is 23.5 Å². The summed E-state index contributed by atoms with van der Waals surface area (Å²) in [6, 6.07) is 1.32. The molecule has 178 valence electrons. The summed E-state index contributed by atoms with van der Waals surface area (Å²) in [4.78, 5) is 27.0. The van der Waals surface area contributed by atoms with Gasteiger partial charge in [-0.05, 0) is 65.0 Å². The number of aromatic hydroxyl groups is 1. The molecular formula is C25H31FN2O5. The van der Waals surface area contributed by atoms with Gasteiger partial charge in [-0.2, -0.15) is 0 Å². The summed E-state index contributed by atoms with van der Waals surface area (Å²) >= 11 is 0. The third kappa shape index (κ3) is 3.80. The van der Waals surface area contributed by atoms with Crippen LogP contribution in [-0.2, 0) is 22.6 Å². The van der Waals surface area contributed by atoms with E-state index in [9.17, 15) is 24.9 Å². The van der Waals surface area contributed by atoms with Gasteiger partial charge in [0.25, 0.3) is 0 Å². The van der Waals surface area contributed by atoms with Crippen molar-refractivity contribution in [2.45, 2.75) is 58.5 Å². The van der Waals surface area contributed by atoms with Crippen LogP contribution in [0.1, 0.15) is 56.7 Å². The van der Waals surface area contributed by atoms with E-state index in [0.29, 0.717) is 12.0 Å². The Balaban J connectivity index is 1.75. The number of nitrogens with two attached hydrogens (primary N) is 1. The van der Waals surface area contributed by atoms with Gasteiger partial charge in [0.2, 0.25) is 5.91 Å². The topological polar surface area (TPSA) is 124 Å². The Morgan fingerprint density at radius 1 is 1.21 bits per heavy atom. The third-order valence-electron chi connectivity index (χ3n) is 7.60. The first-order valence-corrected chi connectivity index (χ1v) is 11.2. The number of Topliss-reactive ketones (excluding diaryl/α,β-unsaturated/α-hetero) is 1. The van der Waals surface area contributed by atoms with Crippen molar-refractivity contribution in [3.63, 3.8) is 0 Å². The summed E-state index contributed by atoms with van der Waals surface area (Å²) in [6.07, 6.45) is 0.788. The summed E-state index contributed by atoms with van der Waals surface area (Å²) in [6.45, 7) is 6.29. The molecule has 33 heavy (non-hydrogen) atoms. The average Bonchev–Trinajstić information content (AvgIpc) is 2.69. The zero-order valence-corrected chi connectivity index (χ0v) is 19.4. The number of aliphatic hydroxyl groups excluding tert-OH is 2. The molecule has 1 aromatic carbocycles. The highest BCUT2D eigenvalue weighted by Gasteiger charge is 2.48. The number of carbonyl (C=O) groups is 2. The van der Waals surface area contributed by atoms with E-state index in [4.69, 9.17) is 5.73 Å². The highest BCUT2D eigenvalue weighted by molar-refractivity contribution is 6.06. The smallest absolute Gasteiger partial charge is 0.248 e. The van der Waals surface area contributed by atoms with Gasteiger partial charge in [0, 0.05) is 41.1 Å². The summed E-state index contributed by atoms with van der Waals surface area (Å²) in [5.74, 6) is -3.58. The van der Waals surface area contributed by atoms with Gasteiger partial charge in [-0.15, -0.1) is 0 Å². The molecule has 4 rings (SSSR count). The fourth-order valence-electron chi connectivity index (χ4n) is 5.40. The van der Waals surface area contributed by atoms with Gasteiger partial charge in [0.05, 0.1) is 11.1 Å². The van der Waals surface area contributed by atoms with Crippen molar-refractivity contribution < 1.29 is 29.3 Å². The van der Waals surface area contributed by atoms with Gasteiger partial charge < -0.3 is 21.1 Å². The lowest BCUT2D eigenvalue weighted by molar-refractivity contribution is -0.124. The van der Waals surface area contributed by atoms with Crippen LogP contribution in [0, 0.1) is 23.6 Å². The Kier molecular flexibility index (Phi) is 5.55. The second kappa shape index (κ2) is 7.87. The van der Waals surface area contributed by atoms with E-state index < -0.39 is 29.3 Å². The number of phenols is 1. The minimum Gasteiger partial charge on any atom is -0.512 e. The maximum Gasteiger partial charge on any atom is 0.248 e. The zero-order valence-electron chi connectivity index (χ0n) is 19.4. The summed E-state index contributed by atoms with van der Waals surface area (Å²) in [7, 11) is 1.87. The van der Waals surface area contributed by atoms with Gasteiger partial charge in [-0.25, -0.2) is 4.39 Å². The van der Waals surface area contributed by atoms with Crippen molar-refractivity contribution in [2.75, 3.05) is 7.05 Å². The van der Waals surface area contributed by atoms with Gasteiger partial charge >= 0.3 is 0 Å². The van der Waals surface area contributed by atoms with E-state index in [-0.39, 0.29) is 76.8 Å². The molecule has 8 heteroatoms.